The number of rotatable bonds is 6. The molecule has 1 aromatic rings. The van der Waals surface area contributed by atoms with Gasteiger partial charge in [0.05, 0.1) is 5.56 Å². The Balaban J connectivity index is 1.89. The lowest BCUT2D eigenvalue weighted by atomic mass is 10.1. The number of benzene rings is 1. The van der Waals surface area contributed by atoms with Crippen molar-refractivity contribution >= 4 is 17.3 Å². The molecule has 2 aliphatic rings. The van der Waals surface area contributed by atoms with E-state index in [4.69, 9.17) is 5.73 Å². The second-order valence-corrected chi connectivity index (χ2v) is 6.32. The van der Waals surface area contributed by atoms with Gasteiger partial charge in [0.25, 0.3) is 0 Å². The number of nitrogens with zero attached hydrogens (tertiary/aromatic N) is 1. The molecule has 4 heteroatoms. The average molecular weight is 274 g/mol. The summed E-state index contributed by atoms with van der Waals surface area (Å²) in [6.45, 7) is 4.00. The van der Waals surface area contributed by atoms with E-state index in [1.807, 2.05) is 13.0 Å². The Morgan fingerprint density at radius 2 is 1.80 bits per heavy atom. The van der Waals surface area contributed by atoms with Gasteiger partial charge >= 0.3 is 5.97 Å². The molecule has 108 valence electrons. The van der Waals surface area contributed by atoms with Gasteiger partial charge in [0.15, 0.2) is 0 Å². The highest BCUT2D eigenvalue weighted by Gasteiger charge is 2.30. The number of anilines is 2. The van der Waals surface area contributed by atoms with Gasteiger partial charge in [-0.3, -0.25) is 0 Å². The van der Waals surface area contributed by atoms with Crippen LogP contribution in [0.2, 0.25) is 0 Å². The standard InChI is InChI=1S/C16H22N2O2/c1-10-6-13(7-14(15(10)17)16(19)20)18(8-11-2-3-11)9-12-4-5-12/h6-7,11-12H,2-5,8-9,17H2,1H3,(H,19,20). The van der Waals surface area contributed by atoms with Crippen LogP contribution in [0.5, 0.6) is 0 Å². The maximum Gasteiger partial charge on any atom is 0.337 e. The molecule has 4 nitrogen and oxygen atoms in total. The molecule has 0 unspecified atom stereocenters. The minimum Gasteiger partial charge on any atom is -0.478 e. The predicted octanol–water partition coefficient (Wildman–Crippen LogP) is 2.90. The van der Waals surface area contributed by atoms with Crippen molar-refractivity contribution in [2.75, 3.05) is 23.7 Å². The van der Waals surface area contributed by atoms with E-state index < -0.39 is 5.97 Å². The molecule has 0 aromatic heterocycles. The van der Waals surface area contributed by atoms with Crippen LogP contribution in [0.25, 0.3) is 0 Å². The molecular formula is C16H22N2O2. The van der Waals surface area contributed by atoms with Gasteiger partial charge < -0.3 is 15.7 Å². The number of nitrogen functional groups attached to an aromatic ring is 1. The fourth-order valence-electron chi connectivity index (χ4n) is 2.65. The lowest BCUT2D eigenvalue weighted by Crippen LogP contribution is -2.28. The van der Waals surface area contributed by atoms with Crippen LogP contribution in [-0.4, -0.2) is 24.2 Å². The molecule has 0 radical (unpaired) electrons. The average Bonchev–Trinajstić information content (AvgIpc) is 3.26. The monoisotopic (exact) mass is 274 g/mol. The summed E-state index contributed by atoms with van der Waals surface area (Å²) < 4.78 is 0. The van der Waals surface area contributed by atoms with E-state index in [1.54, 1.807) is 6.07 Å². The van der Waals surface area contributed by atoms with E-state index in [0.29, 0.717) is 5.69 Å². The quantitative estimate of drug-likeness (QED) is 0.783. The first-order valence-electron chi connectivity index (χ1n) is 7.43. The third-order valence-electron chi connectivity index (χ3n) is 4.32. The van der Waals surface area contributed by atoms with Crippen molar-refractivity contribution in [2.45, 2.75) is 32.6 Å². The van der Waals surface area contributed by atoms with Gasteiger partial charge in [-0.15, -0.1) is 0 Å². The molecule has 0 bridgehead atoms. The molecule has 0 spiro atoms. The van der Waals surface area contributed by atoms with E-state index in [1.165, 1.54) is 25.7 Å². The second-order valence-electron chi connectivity index (χ2n) is 6.32. The van der Waals surface area contributed by atoms with Gasteiger partial charge in [-0.25, -0.2) is 4.79 Å². The lowest BCUT2D eigenvalue weighted by Gasteiger charge is -2.26. The van der Waals surface area contributed by atoms with Gasteiger partial charge in [-0.05, 0) is 62.1 Å². The number of aromatic carboxylic acids is 1. The molecule has 0 atom stereocenters. The largest absolute Gasteiger partial charge is 0.478 e. The molecule has 0 heterocycles. The highest BCUT2D eigenvalue weighted by molar-refractivity contribution is 5.95. The van der Waals surface area contributed by atoms with Crippen molar-refractivity contribution in [3.05, 3.63) is 23.3 Å². The maximum atomic E-state index is 11.3. The Hall–Kier alpha value is -1.71. The molecule has 0 aliphatic heterocycles. The lowest BCUT2D eigenvalue weighted by molar-refractivity contribution is 0.0698. The van der Waals surface area contributed by atoms with Crippen LogP contribution >= 0.6 is 0 Å². The minimum absolute atomic E-state index is 0.233. The number of carbonyl (C=O) groups is 1. The molecule has 2 aliphatic carbocycles. The summed E-state index contributed by atoms with van der Waals surface area (Å²) in [5.74, 6) is 0.644. The number of hydrogen-bond donors (Lipinski definition) is 2. The smallest absolute Gasteiger partial charge is 0.337 e. The Labute approximate surface area is 119 Å². The number of nitrogens with two attached hydrogens (primary N) is 1. The third kappa shape index (κ3) is 2.89. The molecule has 2 fully saturated rings. The first kappa shape index (κ1) is 13.3. The van der Waals surface area contributed by atoms with Crippen LogP contribution in [0, 0.1) is 18.8 Å². The predicted molar refractivity (Wildman–Crippen MR) is 80.2 cm³/mol. The Morgan fingerprint density at radius 1 is 1.25 bits per heavy atom. The first-order chi connectivity index (χ1) is 9.54. The molecule has 1 aromatic carbocycles. The van der Waals surface area contributed by atoms with Crippen LogP contribution in [0.3, 0.4) is 0 Å². The summed E-state index contributed by atoms with van der Waals surface area (Å²) in [7, 11) is 0. The van der Waals surface area contributed by atoms with Gasteiger partial charge in [0.1, 0.15) is 0 Å². The van der Waals surface area contributed by atoms with Gasteiger partial charge in [0, 0.05) is 24.5 Å². The summed E-state index contributed by atoms with van der Waals surface area (Å²) in [6.07, 6.45) is 5.23. The summed E-state index contributed by atoms with van der Waals surface area (Å²) in [5, 5.41) is 9.29. The molecule has 3 rings (SSSR count). The highest BCUT2D eigenvalue weighted by Crippen LogP contribution is 2.36. The number of hydrogen-bond acceptors (Lipinski definition) is 3. The molecule has 20 heavy (non-hydrogen) atoms. The summed E-state index contributed by atoms with van der Waals surface area (Å²) in [4.78, 5) is 13.7. The fraction of sp³-hybridized carbons (Fsp3) is 0.562. The van der Waals surface area contributed by atoms with Crippen molar-refractivity contribution in [1.29, 1.82) is 0 Å². The SMILES string of the molecule is Cc1cc(N(CC2CC2)CC2CC2)cc(C(=O)O)c1N. The van der Waals surface area contributed by atoms with E-state index in [9.17, 15) is 9.90 Å². The third-order valence-corrected chi connectivity index (χ3v) is 4.32. The molecule has 3 N–H and O–H groups in total. The van der Waals surface area contributed by atoms with E-state index >= 15 is 0 Å². The number of carboxylic acids is 1. The van der Waals surface area contributed by atoms with E-state index in [2.05, 4.69) is 4.90 Å². The molecule has 0 amide bonds. The second kappa shape index (κ2) is 5.00. The summed E-state index contributed by atoms with van der Waals surface area (Å²) in [5.41, 5.74) is 8.38. The van der Waals surface area contributed by atoms with Crippen molar-refractivity contribution < 1.29 is 9.90 Å². The number of carboxylic acid groups (broad SMARTS) is 1. The minimum atomic E-state index is -0.940. The Bertz CT molecular complexity index is 520. The van der Waals surface area contributed by atoms with Crippen LogP contribution in [-0.2, 0) is 0 Å². The Morgan fingerprint density at radius 3 is 2.25 bits per heavy atom. The van der Waals surface area contributed by atoms with Crippen molar-refractivity contribution in [3.8, 4) is 0 Å². The van der Waals surface area contributed by atoms with Gasteiger partial charge in [-0.1, -0.05) is 0 Å². The van der Waals surface area contributed by atoms with Crippen LogP contribution in [0.4, 0.5) is 11.4 Å². The van der Waals surface area contributed by atoms with Gasteiger partial charge in [0.2, 0.25) is 0 Å². The van der Waals surface area contributed by atoms with Crippen molar-refractivity contribution in [2.24, 2.45) is 11.8 Å². The fourth-order valence-corrected chi connectivity index (χ4v) is 2.65. The first-order valence-corrected chi connectivity index (χ1v) is 7.43. The normalized spacial score (nSPS) is 18.1. The van der Waals surface area contributed by atoms with Crippen LogP contribution in [0.15, 0.2) is 12.1 Å². The summed E-state index contributed by atoms with van der Waals surface area (Å²) in [6, 6.07) is 3.78. The highest BCUT2D eigenvalue weighted by atomic mass is 16.4. The van der Waals surface area contributed by atoms with Gasteiger partial charge in [-0.2, -0.15) is 0 Å². The zero-order valence-corrected chi connectivity index (χ0v) is 11.9. The van der Waals surface area contributed by atoms with Crippen molar-refractivity contribution in [1.82, 2.24) is 0 Å². The van der Waals surface area contributed by atoms with Crippen LogP contribution in [0.1, 0.15) is 41.6 Å². The van der Waals surface area contributed by atoms with Crippen molar-refractivity contribution in [3.63, 3.8) is 0 Å². The molecular weight excluding hydrogens is 252 g/mol. The zero-order valence-electron chi connectivity index (χ0n) is 11.9. The topological polar surface area (TPSA) is 66.6 Å². The maximum absolute atomic E-state index is 11.3. The number of aryl methyl sites for hydroxylation is 1. The van der Waals surface area contributed by atoms with Crippen LogP contribution < -0.4 is 10.6 Å². The van der Waals surface area contributed by atoms with E-state index in [-0.39, 0.29) is 5.56 Å². The Kier molecular flexibility index (Phi) is 3.32. The zero-order chi connectivity index (χ0) is 14.3. The van der Waals surface area contributed by atoms with E-state index in [0.717, 1.165) is 36.2 Å². The molecule has 2 saturated carbocycles. The molecule has 0 saturated heterocycles. The summed E-state index contributed by atoms with van der Waals surface area (Å²) >= 11 is 0.